The number of rotatable bonds is 4. The number of hydrogen-bond acceptors (Lipinski definition) is 6. The summed E-state index contributed by atoms with van der Waals surface area (Å²) in [6.07, 6.45) is 0. The summed E-state index contributed by atoms with van der Waals surface area (Å²) < 4.78 is 1.04. The van der Waals surface area contributed by atoms with E-state index in [0.717, 1.165) is 15.8 Å². The molecule has 6 nitrogen and oxygen atoms in total. The van der Waals surface area contributed by atoms with Crippen LogP contribution in [-0.4, -0.2) is 26.6 Å². The molecule has 1 aromatic carbocycles. The van der Waals surface area contributed by atoms with Gasteiger partial charge in [-0.3, -0.25) is 9.59 Å². The molecule has 3 rings (SSSR count). The molecular weight excluding hydrogens is 344 g/mol. The lowest BCUT2D eigenvalue weighted by molar-refractivity contribution is -0.113. The van der Waals surface area contributed by atoms with Gasteiger partial charge < -0.3 is 10.3 Å². The number of carbonyl (C=O) groups excluding carboxylic acids is 1. The molecule has 1 amide bonds. The topological polar surface area (TPSA) is 87.7 Å². The van der Waals surface area contributed by atoms with E-state index in [1.165, 1.54) is 23.1 Å². The fraction of sp³-hybridized carbons (Fsp3) is 0.250. The predicted octanol–water partition coefficient (Wildman–Crippen LogP) is 3.04. The van der Waals surface area contributed by atoms with Gasteiger partial charge in [0.05, 0.1) is 16.0 Å². The summed E-state index contributed by atoms with van der Waals surface area (Å²) in [4.78, 5) is 35.1. The fourth-order valence-corrected chi connectivity index (χ4v) is 3.75. The first-order valence-corrected chi connectivity index (χ1v) is 9.10. The highest BCUT2D eigenvalue weighted by Gasteiger charge is 2.10. The van der Waals surface area contributed by atoms with Crippen molar-refractivity contribution in [3.05, 3.63) is 45.4 Å². The zero-order valence-corrected chi connectivity index (χ0v) is 15.1. The summed E-state index contributed by atoms with van der Waals surface area (Å²) in [5, 5.41) is 3.80. The lowest BCUT2D eigenvalue weighted by atomic mass is 10.2. The Morgan fingerprint density at radius 1 is 1.29 bits per heavy atom. The normalized spacial score (nSPS) is 11.0. The molecule has 24 heavy (non-hydrogen) atoms. The number of aromatic amines is 1. The smallest absolute Gasteiger partial charge is 0.254 e. The number of nitrogens with one attached hydrogen (secondary N) is 2. The lowest BCUT2D eigenvalue weighted by Crippen LogP contribution is -2.17. The summed E-state index contributed by atoms with van der Waals surface area (Å²) >= 11 is 2.63. The molecule has 0 saturated carbocycles. The van der Waals surface area contributed by atoms with Gasteiger partial charge in [0.2, 0.25) is 5.91 Å². The summed E-state index contributed by atoms with van der Waals surface area (Å²) in [5.41, 5.74) is 3.11. The minimum atomic E-state index is -0.184. The summed E-state index contributed by atoms with van der Waals surface area (Å²) in [5.74, 6) is -0.0305. The third kappa shape index (κ3) is 3.65. The number of hydrogen-bond donors (Lipinski definition) is 2. The van der Waals surface area contributed by atoms with Gasteiger partial charge in [0, 0.05) is 11.3 Å². The number of nitrogens with zero attached hydrogens (tertiary/aromatic N) is 2. The highest BCUT2D eigenvalue weighted by atomic mass is 32.2. The number of H-pyrrole nitrogens is 1. The summed E-state index contributed by atoms with van der Waals surface area (Å²) in [6.45, 7) is 5.51. The van der Waals surface area contributed by atoms with Crippen LogP contribution in [0.5, 0.6) is 0 Å². The van der Waals surface area contributed by atoms with E-state index < -0.39 is 0 Å². The highest BCUT2D eigenvalue weighted by molar-refractivity contribution is 7.99. The van der Waals surface area contributed by atoms with Gasteiger partial charge in [-0.25, -0.2) is 9.97 Å². The van der Waals surface area contributed by atoms with E-state index in [2.05, 4.69) is 20.3 Å². The Labute approximate surface area is 146 Å². The van der Waals surface area contributed by atoms with Crippen LogP contribution in [0.15, 0.2) is 28.2 Å². The van der Waals surface area contributed by atoms with Crippen LogP contribution in [0.3, 0.4) is 0 Å². The zero-order chi connectivity index (χ0) is 17.3. The molecule has 0 aliphatic rings. The highest BCUT2D eigenvalue weighted by Crippen LogP contribution is 2.26. The minimum Gasteiger partial charge on any atom is -0.301 e. The van der Waals surface area contributed by atoms with Gasteiger partial charge in [-0.05, 0) is 38.5 Å². The van der Waals surface area contributed by atoms with Crippen molar-refractivity contribution in [2.75, 3.05) is 11.1 Å². The van der Waals surface area contributed by atoms with Gasteiger partial charge in [-0.2, -0.15) is 0 Å². The van der Waals surface area contributed by atoms with Crippen LogP contribution < -0.4 is 10.9 Å². The molecule has 3 aromatic rings. The quantitative estimate of drug-likeness (QED) is 0.551. The van der Waals surface area contributed by atoms with E-state index in [1.807, 2.05) is 25.1 Å². The second kappa shape index (κ2) is 6.74. The third-order valence-corrected chi connectivity index (χ3v) is 5.31. The number of thioether (sulfide) groups is 1. The van der Waals surface area contributed by atoms with Crippen molar-refractivity contribution in [3.8, 4) is 0 Å². The van der Waals surface area contributed by atoms with E-state index in [4.69, 9.17) is 0 Å². The molecule has 8 heteroatoms. The molecule has 124 valence electrons. The van der Waals surface area contributed by atoms with Crippen molar-refractivity contribution >= 4 is 44.4 Å². The van der Waals surface area contributed by atoms with Crippen molar-refractivity contribution in [3.63, 3.8) is 0 Å². The maximum Gasteiger partial charge on any atom is 0.254 e. The van der Waals surface area contributed by atoms with E-state index >= 15 is 0 Å². The van der Waals surface area contributed by atoms with Crippen LogP contribution in [0.1, 0.15) is 16.8 Å². The van der Waals surface area contributed by atoms with Crippen molar-refractivity contribution in [1.82, 2.24) is 15.0 Å². The third-order valence-electron chi connectivity index (χ3n) is 3.50. The molecule has 2 heterocycles. The van der Waals surface area contributed by atoms with E-state index in [9.17, 15) is 9.59 Å². The van der Waals surface area contributed by atoms with Crippen LogP contribution in [0.2, 0.25) is 0 Å². The van der Waals surface area contributed by atoms with Gasteiger partial charge >= 0.3 is 0 Å². The van der Waals surface area contributed by atoms with Crippen LogP contribution in [-0.2, 0) is 4.79 Å². The van der Waals surface area contributed by atoms with Crippen molar-refractivity contribution in [2.24, 2.45) is 0 Å². The molecular formula is C16H16N4O2S2. The largest absolute Gasteiger partial charge is 0.301 e. The Hall–Kier alpha value is -2.19. The van der Waals surface area contributed by atoms with Crippen LogP contribution in [0.4, 0.5) is 5.13 Å². The Balaban J connectivity index is 1.65. The molecule has 0 spiro atoms. The summed E-state index contributed by atoms with van der Waals surface area (Å²) in [7, 11) is 0. The number of benzene rings is 1. The first-order valence-electron chi connectivity index (χ1n) is 7.30. The maximum absolute atomic E-state index is 12.1. The average molecular weight is 360 g/mol. The monoisotopic (exact) mass is 360 g/mol. The lowest BCUT2D eigenvalue weighted by Gasteiger charge is -2.04. The van der Waals surface area contributed by atoms with E-state index in [0.29, 0.717) is 21.5 Å². The number of anilines is 1. The number of fused-ring (bicyclic) bond motifs is 1. The second-order valence-electron chi connectivity index (χ2n) is 5.41. The molecule has 0 aliphatic heterocycles. The van der Waals surface area contributed by atoms with Crippen LogP contribution >= 0.6 is 23.1 Å². The first-order chi connectivity index (χ1) is 11.4. The SMILES string of the molecule is Cc1ccc2nc(NC(=O)CSc3nc(C)c(C)c(=O)[nH]3)sc2c1. The van der Waals surface area contributed by atoms with Crippen molar-refractivity contribution < 1.29 is 4.79 Å². The predicted molar refractivity (Wildman–Crippen MR) is 98.0 cm³/mol. The van der Waals surface area contributed by atoms with E-state index in [-0.39, 0.29) is 17.2 Å². The Morgan fingerprint density at radius 3 is 2.83 bits per heavy atom. The first kappa shape index (κ1) is 16.7. The molecule has 0 aliphatic carbocycles. The number of carbonyl (C=O) groups is 1. The number of amides is 1. The van der Waals surface area contributed by atoms with E-state index in [1.54, 1.807) is 13.8 Å². The zero-order valence-electron chi connectivity index (χ0n) is 13.5. The molecule has 0 bridgehead atoms. The minimum absolute atomic E-state index is 0.153. The number of aromatic nitrogens is 3. The van der Waals surface area contributed by atoms with Crippen molar-refractivity contribution in [2.45, 2.75) is 25.9 Å². The van der Waals surface area contributed by atoms with Gasteiger partial charge in [-0.15, -0.1) is 0 Å². The molecule has 2 aromatic heterocycles. The fourth-order valence-electron chi connectivity index (χ4n) is 2.06. The van der Waals surface area contributed by atoms with Gasteiger partial charge in [0.25, 0.3) is 5.56 Å². The van der Waals surface area contributed by atoms with Gasteiger partial charge in [0.1, 0.15) is 0 Å². The van der Waals surface area contributed by atoms with Crippen molar-refractivity contribution in [1.29, 1.82) is 0 Å². The molecule has 0 fully saturated rings. The molecule has 0 unspecified atom stereocenters. The number of aryl methyl sites for hydroxylation is 2. The molecule has 0 atom stereocenters. The Bertz CT molecular complexity index is 978. The standard InChI is InChI=1S/C16H16N4O2S2/c1-8-4-5-11-12(6-8)24-16(18-11)19-13(21)7-23-15-17-10(3)9(2)14(22)20-15/h4-6H,7H2,1-3H3,(H,17,20,22)(H,18,19,21). The maximum atomic E-state index is 12.1. The number of thiazole rings is 1. The average Bonchev–Trinajstić information content (AvgIpc) is 2.91. The molecule has 2 N–H and O–H groups in total. The van der Waals surface area contributed by atoms with Gasteiger partial charge in [-0.1, -0.05) is 29.2 Å². The molecule has 0 radical (unpaired) electrons. The van der Waals surface area contributed by atoms with Crippen LogP contribution in [0.25, 0.3) is 10.2 Å². The summed E-state index contributed by atoms with van der Waals surface area (Å²) in [6, 6.07) is 5.97. The van der Waals surface area contributed by atoms with Gasteiger partial charge in [0.15, 0.2) is 10.3 Å². The second-order valence-corrected chi connectivity index (χ2v) is 7.40. The van der Waals surface area contributed by atoms with Crippen LogP contribution in [0, 0.1) is 20.8 Å². The Kier molecular flexibility index (Phi) is 4.68. The Morgan fingerprint density at radius 2 is 2.08 bits per heavy atom. The molecule has 0 saturated heterocycles.